The molecule has 30 heavy (non-hydrogen) atoms. The summed E-state index contributed by atoms with van der Waals surface area (Å²) in [6, 6.07) is 12.4. The molecule has 4 rings (SSSR count). The normalized spacial score (nSPS) is 20.7. The van der Waals surface area contributed by atoms with E-state index < -0.39 is 5.79 Å². The topological polar surface area (TPSA) is 70.8 Å². The zero-order valence-corrected chi connectivity index (χ0v) is 17.9. The van der Waals surface area contributed by atoms with Crippen molar-refractivity contribution in [2.45, 2.75) is 18.4 Å². The van der Waals surface area contributed by atoms with Crippen LogP contribution in [0.2, 0.25) is 10.0 Å². The molecule has 10 heteroatoms. The third-order valence-corrected chi connectivity index (χ3v) is 5.12. The zero-order chi connectivity index (χ0) is 21.0. The predicted molar refractivity (Wildman–Crippen MR) is 116 cm³/mol. The van der Waals surface area contributed by atoms with Crippen LogP contribution in [0, 0.1) is 0 Å². The second-order valence-corrected chi connectivity index (χ2v) is 7.56. The van der Waals surface area contributed by atoms with Crippen LogP contribution in [0.1, 0.15) is 5.56 Å². The van der Waals surface area contributed by atoms with Crippen LogP contribution in [0.5, 0.6) is 5.75 Å². The highest BCUT2D eigenvalue weighted by atomic mass is 35.5. The molecular weight excluding hydrogens is 447 g/mol. The van der Waals surface area contributed by atoms with Crippen molar-refractivity contribution in [1.82, 2.24) is 14.8 Å². The van der Waals surface area contributed by atoms with Gasteiger partial charge in [-0.3, -0.25) is 0 Å². The maximum absolute atomic E-state index is 6.46. The minimum absolute atomic E-state index is 0.273. The monoisotopic (exact) mass is 462 g/mol. The largest absolute Gasteiger partial charge is 0.491 e. The van der Waals surface area contributed by atoms with E-state index in [9.17, 15) is 0 Å². The zero-order valence-electron chi connectivity index (χ0n) is 15.6. The molecule has 0 amide bonds. The lowest BCUT2D eigenvalue weighted by Gasteiger charge is -2.29. The second kappa shape index (κ2) is 9.22. The van der Waals surface area contributed by atoms with Gasteiger partial charge in [0.15, 0.2) is 0 Å². The van der Waals surface area contributed by atoms with Crippen molar-refractivity contribution in [2.75, 3.05) is 13.2 Å². The van der Waals surface area contributed by atoms with Crippen LogP contribution in [0.3, 0.4) is 0 Å². The Labute approximate surface area is 188 Å². The number of aromatic nitrogens is 3. The SMILES string of the molecule is S=C=Nc1ccc(OCC2COC(Cn3cncn3)(c3ccc(Cl)cc3Cl)O2)cc1. The number of hydrogen-bond acceptors (Lipinski definition) is 7. The quantitative estimate of drug-likeness (QED) is 0.375. The van der Waals surface area contributed by atoms with Crippen LogP contribution in [-0.2, 0) is 21.8 Å². The van der Waals surface area contributed by atoms with Gasteiger partial charge in [0.2, 0.25) is 5.79 Å². The third-order valence-electron chi connectivity index (χ3n) is 4.49. The van der Waals surface area contributed by atoms with Crippen molar-refractivity contribution < 1.29 is 14.2 Å². The maximum atomic E-state index is 6.46. The van der Waals surface area contributed by atoms with E-state index in [-0.39, 0.29) is 12.6 Å². The van der Waals surface area contributed by atoms with Crippen molar-refractivity contribution in [2.24, 2.45) is 4.99 Å². The standard InChI is InChI=1S/C20H16Cl2N4O3S/c21-14-1-6-18(19(22)7-14)20(10-26-12-23-11-25-26)28-9-17(29-20)8-27-16-4-2-15(3-5-16)24-13-30/h1-7,11-12,17H,8-10H2. The molecule has 3 aromatic rings. The lowest BCUT2D eigenvalue weighted by atomic mass is 10.1. The number of rotatable bonds is 7. The first-order valence-corrected chi connectivity index (χ1v) is 10.1. The van der Waals surface area contributed by atoms with Crippen LogP contribution in [0.15, 0.2) is 60.1 Å². The first-order valence-electron chi connectivity index (χ1n) is 8.98. The van der Waals surface area contributed by atoms with Gasteiger partial charge in [-0.15, -0.1) is 0 Å². The predicted octanol–water partition coefficient (Wildman–Crippen LogP) is 4.67. The number of halogens is 2. The first-order chi connectivity index (χ1) is 14.6. The highest BCUT2D eigenvalue weighted by Gasteiger charge is 2.45. The van der Waals surface area contributed by atoms with Crippen molar-refractivity contribution >= 4 is 46.3 Å². The van der Waals surface area contributed by atoms with Gasteiger partial charge in [0.25, 0.3) is 0 Å². The van der Waals surface area contributed by atoms with Crippen molar-refractivity contribution in [1.29, 1.82) is 0 Å². The van der Waals surface area contributed by atoms with Crippen LogP contribution in [0.4, 0.5) is 5.69 Å². The van der Waals surface area contributed by atoms with Gasteiger partial charge in [-0.1, -0.05) is 29.3 Å². The molecule has 1 saturated heterocycles. The lowest BCUT2D eigenvalue weighted by Crippen LogP contribution is -2.35. The average Bonchev–Trinajstić information content (AvgIpc) is 3.38. The molecule has 1 aliphatic rings. The smallest absolute Gasteiger partial charge is 0.217 e. The molecule has 2 unspecified atom stereocenters. The number of thiocarbonyl (C=S) groups is 1. The summed E-state index contributed by atoms with van der Waals surface area (Å²) < 4.78 is 19.9. The van der Waals surface area contributed by atoms with Crippen molar-refractivity contribution in [3.8, 4) is 5.75 Å². The van der Waals surface area contributed by atoms with Gasteiger partial charge in [0.05, 0.1) is 22.5 Å². The molecule has 0 saturated carbocycles. The minimum atomic E-state index is -1.14. The van der Waals surface area contributed by atoms with Gasteiger partial charge in [0.1, 0.15) is 37.7 Å². The molecule has 1 aromatic heterocycles. The van der Waals surface area contributed by atoms with Gasteiger partial charge in [-0.25, -0.2) is 9.67 Å². The molecule has 2 aromatic carbocycles. The average molecular weight is 463 g/mol. The highest BCUT2D eigenvalue weighted by molar-refractivity contribution is 7.78. The third kappa shape index (κ3) is 4.70. The van der Waals surface area contributed by atoms with Gasteiger partial charge >= 0.3 is 0 Å². The summed E-state index contributed by atoms with van der Waals surface area (Å²) in [6.07, 6.45) is 2.72. The summed E-state index contributed by atoms with van der Waals surface area (Å²) in [4.78, 5) is 7.90. The van der Waals surface area contributed by atoms with Gasteiger partial charge in [-0.2, -0.15) is 10.1 Å². The van der Waals surface area contributed by atoms with Crippen molar-refractivity contribution in [3.63, 3.8) is 0 Å². The Morgan fingerprint density at radius 1 is 1.27 bits per heavy atom. The van der Waals surface area contributed by atoms with E-state index in [1.165, 1.54) is 6.33 Å². The molecule has 0 radical (unpaired) electrons. The van der Waals surface area contributed by atoms with E-state index in [1.54, 1.807) is 53.5 Å². The molecule has 0 aliphatic carbocycles. The van der Waals surface area contributed by atoms with Gasteiger partial charge in [-0.05, 0) is 48.6 Å². The highest BCUT2D eigenvalue weighted by Crippen LogP contribution is 2.40. The van der Waals surface area contributed by atoms with E-state index in [4.69, 9.17) is 37.4 Å². The Morgan fingerprint density at radius 2 is 2.10 bits per heavy atom. The molecule has 0 N–H and O–H groups in total. The number of ether oxygens (including phenoxy) is 3. The van der Waals surface area contributed by atoms with Crippen LogP contribution in [0.25, 0.3) is 0 Å². The van der Waals surface area contributed by atoms with E-state index in [0.29, 0.717) is 40.3 Å². The lowest BCUT2D eigenvalue weighted by molar-refractivity contribution is -0.190. The summed E-state index contributed by atoms with van der Waals surface area (Å²) in [5.74, 6) is -0.457. The Hall–Kier alpha value is -2.32. The minimum Gasteiger partial charge on any atom is -0.491 e. The van der Waals surface area contributed by atoms with E-state index >= 15 is 0 Å². The molecule has 0 bridgehead atoms. The van der Waals surface area contributed by atoms with E-state index in [1.807, 2.05) is 0 Å². The molecule has 1 fully saturated rings. The molecular formula is C20H16Cl2N4O3S. The van der Waals surface area contributed by atoms with Crippen LogP contribution >= 0.6 is 35.4 Å². The summed E-state index contributed by atoms with van der Waals surface area (Å²) in [6.45, 7) is 0.885. The van der Waals surface area contributed by atoms with Crippen LogP contribution < -0.4 is 4.74 Å². The Kier molecular flexibility index (Phi) is 6.43. The molecule has 154 valence electrons. The van der Waals surface area contributed by atoms with Crippen molar-refractivity contribution in [3.05, 3.63) is 70.7 Å². The fourth-order valence-corrected chi connectivity index (χ4v) is 3.80. The molecule has 1 aliphatic heterocycles. The Morgan fingerprint density at radius 3 is 2.80 bits per heavy atom. The molecule has 7 nitrogen and oxygen atoms in total. The Bertz CT molecular complexity index is 1060. The number of aliphatic imine (C=N–C) groups is 1. The number of isothiocyanates is 1. The van der Waals surface area contributed by atoms with E-state index in [2.05, 4.69) is 32.5 Å². The number of benzene rings is 2. The molecule has 2 heterocycles. The van der Waals surface area contributed by atoms with Crippen LogP contribution in [-0.4, -0.2) is 39.2 Å². The van der Waals surface area contributed by atoms with Gasteiger partial charge < -0.3 is 14.2 Å². The fourth-order valence-electron chi connectivity index (χ4n) is 3.14. The molecule has 0 spiro atoms. The summed E-state index contributed by atoms with van der Waals surface area (Å²) in [5.41, 5.74) is 1.37. The number of nitrogens with zero attached hydrogens (tertiary/aromatic N) is 4. The summed E-state index contributed by atoms with van der Waals surface area (Å²) in [7, 11) is 0. The fraction of sp³-hybridized carbons (Fsp3) is 0.250. The summed E-state index contributed by atoms with van der Waals surface area (Å²) in [5, 5.41) is 7.46. The van der Waals surface area contributed by atoms with E-state index in [0.717, 1.165) is 0 Å². The summed E-state index contributed by atoms with van der Waals surface area (Å²) >= 11 is 17.1. The first kappa shape index (κ1) is 20.9. The maximum Gasteiger partial charge on any atom is 0.217 e. The molecule has 2 atom stereocenters. The second-order valence-electron chi connectivity index (χ2n) is 6.53. The number of hydrogen-bond donors (Lipinski definition) is 0. The van der Waals surface area contributed by atoms with Gasteiger partial charge in [0, 0.05) is 10.6 Å². The Balaban J connectivity index is 1.50.